The summed E-state index contributed by atoms with van der Waals surface area (Å²) in [4.78, 5) is 14.3. The van der Waals surface area contributed by atoms with Gasteiger partial charge in [0.05, 0.1) is 13.2 Å². The molecule has 1 atom stereocenters. The molecule has 1 aromatic carbocycles. The lowest BCUT2D eigenvalue weighted by molar-refractivity contribution is 0.0743. The zero-order chi connectivity index (χ0) is 13.9. The first kappa shape index (κ1) is 13.2. The third kappa shape index (κ3) is 2.58. The zero-order valence-corrected chi connectivity index (χ0v) is 11.7. The van der Waals surface area contributed by atoms with E-state index in [0.29, 0.717) is 24.5 Å². The Kier molecular flexibility index (Phi) is 3.78. The minimum absolute atomic E-state index is 0.0364. The van der Waals surface area contributed by atoms with E-state index in [2.05, 4.69) is 5.32 Å². The number of fused-ring (bicyclic) bond motifs is 1. The van der Waals surface area contributed by atoms with Crippen LogP contribution in [0.2, 0.25) is 0 Å². The van der Waals surface area contributed by atoms with Crippen LogP contribution in [-0.2, 0) is 0 Å². The van der Waals surface area contributed by atoms with Crippen LogP contribution < -0.4 is 14.8 Å². The molecule has 0 spiro atoms. The zero-order valence-electron chi connectivity index (χ0n) is 11.7. The Bertz CT molecular complexity index is 498. The van der Waals surface area contributed by atoms with E-state index in [1.165, 1.54) is 0 Å². The highest BCUT2D eigenvalue weighted by Crippen LogP contribution is 2.31. The average Bonchev–Trinajstić information content (AvgIpc) is 2.91. The van der Waals surface area contributed by atoms with E-state index in [0.717, 1.165) is 31.7 Å². The number of amides is 1. The molecule has 1 N–H and O–H groups in total. The van der Waals surface area contributed by atoms with Gasteiger partial charge in [0.25, 0.3) is 5.91 Å². The van der Waals surface area contributed by atoms with E-state index >= 15 is 0 Å². The maximum absolute atomic E-state index is 12.5. The summed E-state index contributed by atoms with van der Waals surface area (Å²) in [7, 11) is 1.86. The van der Waals surface area contributed by atoms with Gasteiger partial charge in [-0.05, 0) is 31.2 Å². The highest BCUT2D eigenvalue weighted by Gasteiger charge is 2.25. The predicted octanol–water partition coefficient (Wildman–Crippen LogP) is 1.28. The van der Waals surface area contributed by atoms with Gasteiger partial charge in [-0.2, -0.15) is 0 Å². The third-order valence-electron chi connectivity index (χ3n) is 3.90. The normalized spacial score (nSPS) is 21.4. The van der Waals surface area contributed by atoms with Gasteiger partial charge in [0, 0.05) is 31.6 Å². The molecule has 1 fully saturated rings. The van der Waals surface area contributed by atoms with Crippen LogP contribution in [0.5, 0.6) is 11.5 Å². The smallest absolute Gasteiger partial charge is 0.254 e. The Labute approximate surface area is 118 Å². The number of nitrogens with one attached hydrogen (secondary N) is 1. The van der Waals surface area contributed by atoms with Gasteiger partial charge in [-0.3, -0.25) is 4.79 Å². The van der Waals surface area contributed by atoms with Gasteiger partial charge in [0.2, 0.25) is 0 Å². The standard InChI is InChI=1S/C15H20N2O3/c1-17(12-5-6-16-10-12)15(18)11-3-4-13-14(9-11)20-8-2-7-19-13/h3-4,9,12,16H,2,5-8,10H2,1H3. The van der Waals surface area contributed by atoms with Crippen molar-refractivity contribution in [2.45, 2.75) is 18.9 Å². The second-order valence-corrected chi connectivity index (χ2v) is 5.27. The summed E-state index contributed by atoms with van der Waals surface area (Å²) in [5, 5.41) is 3.28. The molecule has 0 radical (unpaired) electrons. The number of ether oxygens (including phenoxy) is 2. The van der Waals surface area contributed by atoms with Crippen LogP contribution in [0.3, 0.4) is 0 Å². The van der Waals surface area contributed by atoms with E-state index in [1.54, 1.807) is 6.07 Å². The maximum atomic E-state index is 12.5. The van der Waals surface area contributed by atoms with Crippen LogP contribution >= 0.6 is 0 Å². The number of rotatable bonds is 2. The van der Waals surface area contributed by atoms with E-state index in [4.69, 9.17) is 9.47 Å². The Morgan fingerprint density at radius 2 is 2.10 bits per heavy atom. The van der Waals surface area contributed by atoms with Gasteiger partial charge in [-0.1, -0.05) is 0 Å². The number of carbonyl (C=O) groups is 1. The molecule has 0 saturated carbocycles. The fourth-order valence-electron chi connectivity index (χ4n) is 2.64. The predicted molar refractivity (Wildman–Crippen MR) is 75.4 cm³/mol. The van der Waals surface area contributed by atoms with Crippen molar-refractivity contribution >= 4 is 5.91 Å². The molecular formula is C15H20N2O3. The van der Waals surface area contributed by atoms with Crippen molar-refractivity contribution < 1.29 is 14.3 Å². The van der Waals surface area contributed by atoms with Gasteiger partial charge in [-0.15, -0.1) is 0 Å². The van der Waals surface area contributed by atoms with Crippen LogP contribution in [-0.4, -0.2) is 50.2 Å². The Morgan fingerprint density at radius 3 is 2.85 bits per heavy atom. The van der Waals surface area contributed by atoms with Gasteiger partial charge in [0.15, 0.2) is 11.5 Å². The van der Waals surface area contributed by atoms with Crippen LogP contribution in [0, 0.1) is 0 Å². The minimum Gasteiger partial charge on any atom is -0.490 e. The lowest BCUT2D eigenvalue weighted by Gasteiger charge is -2.24. The van der Waals surface area contributed by atoms with Crippen molar-refractivity contribution in [3.8, 4) is 11.5 Å². The highest BCUT2D eigenvalue weighted by molar-refractivity contribution is 5.95. The summed E-state index contributed by atoms with van der Waals surface area (Å²) in [6, 6.07) is 5.71. The van der Waals surface area contributed by atoms with Gasteiger partial charge >= 0.3 is 0 Å². The van der Waals surface area contributed by atoms with E-state index in [9.17, 15) is 4.79 Å². The second-order valence-electron chi connectivity index (χ2n) is 5.27. The Balaban J connectivity index is 1.79. The van der Waals surface area contributed by atoms with Crippen molar-refractivity contribution in [1.29, 1.82) is 0 Å². The topological polar surface area (TPSA) is 50.8 Å². The van der Waals surface area contributed by atoms with Crippen molar-refractivity contribution in [3.05, 3.63) is 23.8 Å². The molecule has 5 nitrogen and oxygen atoms in total. The fourth-order valence-corrected chi connectivity index (χ4v) is 2.64. The summed E-state index contributed by atoms with van der Waals surface area (Å²) in [6.45, 7) is 3.14. The van der Waals surface area contributed by atoms with E-state index in [1.807, 2.05) is 24.1 Å². The quantitative estimate of drug-likeness (QED) is 0.884. The molecule has 0 aliphatic carbocycles. The van der Waals surface area contributed by atoms with Crippen molar-refractivity contribution in [2.24, 2.45) is 0 Å². The molecule has 1 saturated heterocycles. The number of carbonyl (C=O) groups excluding carboxylic acids is 1. The molecular weight excluding hydrogens is 256 g/mol. The monoisotopic (exact) mass is 276 g/mol. The van der Waals surface area contributed by atoms with Crippen LogP contribution in [0.1, 0.15) is 23.2 Å². The van der Waals surface area contributed by atoms with Crippen molar-refractivity contribution in [1.82, 2.24) is 10.2 Å². The number of hydrogen-bond donors (Lipinski definition) is 1. The van der Waals surface area contributed by atoms with Crippen molar-refractivity contribution in [2.75, 3.05) is 33.4 Å². The summed E-state index contributed by atoms with van der Waals surface area (Å²) < 4.78 is 11.2. The fraction of sp³-hybridized carbons (Fsp3) is 0.533. The number of nitrogens with zero attached hydrogens (tertiary/aromatic N) is 1. The van der Waals surface area contributed by atoms with Crippen LogP contribution in [0.15, 0.2) is 18.2 Å². The van der Waals surface area contributed by atoms with E-state index < -0.39 is 0 Å². The lowest BCUT2D eigenvalue weighted by atomic mass is 10.1. The first-order valence-electron chi connectivity index (χ1n) is 7.13. The van der Waals surface area contributed by atoms with Crippen LogP contribution in [0.4, 0.5) is 0 Å². The SMILES string of the molecule is CN(C(=O)c1ccc2c(c1)OCCCO2)C1CCNC1. The summed E-state index contributed by atoms with van der Waals surface area (Å²) in [5.74, 6) is 1.44. The number of hydrogen-bond acceptors (Lipinski definition) is 4. The van der Waals surface area contributed by atoms with Crippen molar-refractivity contribution in [3.63, 3.8) is 0 Å². The number of likely N-dealkylation sites (N-methyl/N-ethyl adjacent to an activating group) is 1. The maximum Gasteiger partial charge on any atom is 0.254 e. The minimum atomic E-state index is 0.0364. The van der Waals surface area contributed by atoms with Gasteiger partial charge < -0.3 is 19.7 Å². The molecule has 0 bridgehead atoms. The molecule has 1 amide bonds. The highest BCUT2D eigenvalue weighted by atomic mass is 16.5. The van der Waals surface area contributed by atoms with E-state index in [-0.39, 0.29) is 11.9 Å². The Morgan fingerprint density at radius 1 is 1.30 bits per heavy atom. The first-order valence-corrected chi connectivity index (χ1v) is 7.13. The first-order chi connectivity index (χ1) is 9.75. The molecule has 5 heteroatoms. The summed E-state index contributed by atoms with van der Waals surface area (Å²) in [6.07, 6.45) is 1.87. The molecule has 0 aromatic heterocycles. The molecule has 1 unspecified atom stereocenters. The molecule has 20 heavy (non-hydrogen) atoms. The third-order valence-corrected chi connectivity index (χ3v) is 3.90. The average molecular weight is 276 g/mol. The molecule has 2 aliphatic heterocycles. The van der Waals surface area contributed by atoms with Crippen LogP contribution in [0.25, 0.3) is 0 Å². The largest absolute Gasteiger partial charge is 0.490 e. The molecule has 108 valence electrons. The molecule has 2 aliphatic rings. The molecule has 3 rings (SSSR count). The van der Waals surface area contributed by atoms with Gasteiger partial charge in [0.1, 0.15) is 0 Å². The summed E-state index contributed by atoms with van der Waals surface area (Å²) >= 11 is 0. The lowest BCUT2D eigenvalue weighted by Crippen LogP contribution is -2.38. The molecule has 1 aromatic rings. The second kappa shape index (κ2) is 5.71. The molecule has 2 heterocycles. The Hall–Kier alpha value is -1.75. The van der Waals surface area contributed by atoms with Gasteiger partial charge in [-0.25, -0.2) is 0 Å². The summed E-state index contributed by atoms with van der Waals surface area (Å²) in [5.41, 5.74) is 0.656. The number of benzene rings is 1.